The lowest BCUT2D eigenvalue weighted by molar-refractivity contribution is -0.402. The largest absolute Gasteiger partial charge is 0.497 e. The molecule has 0 saturated heterocycles. The Morgan fingerprint density at radius 1 is 1.30 bits per heavy atom. The van der Waals surface area contributed by atoms with Crippen molar-refractivity contribution in [3.63, 3.8) is 0 Å². The number of thiazole rings is 1. The number of nitro groups is 1. The van der Waals surface area contributed by atoms with Crippen molar-refractivity contribution < 1.29 is 23.6 Å². The van der Waals surface area contributed by atoms with E-state index in [1.54, 1.807) is 45.2 Å². The molecule has 0 radical (unpaired) electrons. The van der Waals surface area contributed by atoms with Gasteiger partial charge in [-0.05, 0) is 37.6 Å². The van der Waals surface area contributed by atoms with Gasteiger partial charge in [-0.1, -0.05) is 23.5 Å². The Morgan fingerprint density at radius 2 is 2.03 bits per heavy atom. The number of carbonyl (C=O) groups excluding carboxylic acids is 1. The van der Waals surface area contributed by atoms with Gasteiger partial charge in [0.1, 0.15) is 16.4 Å². The number of methoxy groups -OCH3 is 1. The van der Waals surface area contributed by atoms with Crippen LogP contribution in [0.25, 0.3) is 6.08 Å². The second-order valence-corrected chi connectivity index (χ2v) is 8.02. The molecule has 0 aliphatic carbocycles. The number of hydrogen-bond donors (Lipinski definition) is 0. The van der Waals surface area contributed by atoms with Crippen LogP contribution in [0, 0.1) is 10.1 Å². The maximum atomic E-state index is 13.4. The minimum absolute atomic E-state index is 0.161. The first-order valence-corrected chi connectivity index (χ1v) is 10.7. The standard InChI is InChI=1S/C22H19N3O7S/c1-4-31-21(27)18-12(2)23-22-24(19(18)13-5-7-14(30-3)8-6-13)20(26)16(33-22)11-15-9-10-17(32-15)25(28)29/h5-11,19H,4H2,1-3H3. The third-order valence-electron chi connectivity index (χ3n) is 5.01. The van der Waals surface area contributed by atoms with Crippen LogP contribution in [0.3, 0.4) is 0 Å². The van der Waals surface area contributed by atoms with Gasteiger partial charge in [0.2, 0.25) is 0 Å². The minimum Gasteiger partial charge on any atom is -0.497 e. The van der Waals surface area contributed by atoms with Crippen molar-refractivity contribution in [3.8, 4) is 5.75 Å². The first-order chi connectivity index (χ1) is 15.8. The molecule has 10 nitrogen and oxygen atoms in total. The average Bonchev–Trinajstić information content (AvgIpc) is 3.38. The van der Waals surface area contributed by atoms with Crippen molar-refractivity contribution in [2.75, 3.05) is 13.7 Å². The molecule has 3 aromatic rings. The summed E-state index contributed by atoms with van der Waals surface area (Å²) in [6, 6.07) is 8.89. The molecular formula is C22H19N3O7S. The summed E-state index contributed by atoms with van der Waals surface area (Å²) in [7, 11) is 1.55. The lowest BCUT2D eigenvalue weighted by atomic mass is 9.96. The topological polar surface area (TPSA) is 126 Å². The molecule has 4 rings (SSSR count). The highest BCUT2D eigenvalue weighted by Gasteiger charge is 2.33. The Bertz CT molecular complexity index is 1440. The Hall–Kier alpha value is -3.99. The second kappa shape index (κ2) is 8.87. The summed E-state index contributed by atoms with van der Waals surface area (Å²) in [6.45, 7) is 3.57. The first kappa shape index (κ1) is 22.2. The van der Waals surface area contributed by atoms with Crippen LogP contribution in [0.5, 0.6) is 5.75 Å². The molecule has 170 valence electrons. The number of rotatable bonds is 6. The molecule has 3 heterocycles. The van der Waals surface area contributed by atoms with Gasteiger partial charge in [0.05, 0.1) is 41.6 Å². The average molecular weight is 469 g/mol. The van der Waals surface area contributed by atoms with Crippen LogP contribution in [0.2, 0.25) is 0 Å². The monoisotopic (exact) mass is 469 g/mol. The zero-order chi connectivity index (χ0) is 23.7. The van der Waals surface area contributed by atoms with Crippen molar-refractivity contribution in [2.45, 2.75) is 19.9 Å². The van der Waals surface area contributed by atoms with E-state index in [2.05, 4.69) is 4.99 Å². The molecule has 0 spiro atoms. The van der Waals surface area contributed by atoms with Crippen LogP contribution >= 0.6 is 11.3 Å². The molecule has 33 heavy (non-hydrogen) atoms. The number of hydrogen-bond acceptors (Lipinski definition) is 9. The summed E-state index contributed by atoms with van der Waals surface area (Å²) < 4.78 is 17.3. The number of allylic oxidation sites excluding steroid dienone is 1. The summed E-state index contributed by atoms with van der Waals surface area (Å²) in [6.07, 6.45) is 1.42. The molecule has 11 heteroatoms. The Labute approximate surface area is 190 Å². The van der Waals surface area contributed by atoms with Gasteiger partial charge in [-0.15, -0.1) is 0 Å². The lowest BCUT2D eigenvalue weighted by Crippen LogP contribution is -2.39. The smallest absolute Gasteiger partial charge is 0.433 e. The number of fused-ring (bicyclic) bond motifs is 1. The van der Waals surface area contributed by atoms with E-state index in [4.69, 9.17) is 13.9 Å². The predicted molar refractivity (Wildman–Crippen MR) is 119 cm³/mol. The number of esters is 1. The summed E-state index contributed by atoms with van der Waals surface area (Å²) in [5.41, 5.74) is 0.965. The third kappa shape index (κ3) is 4.10. The number of carbonyl (C=O) groups is 1. The molecule has 1 atom stereocenters. The van der Waals surface area contributed by atoms with Gasteiger partial charge in [-0.3, -0.25) is 19.5 Å². The Balaban J connectivity index is 1.91. The van der Waals surface area contributed by atoms with Gasteiger partial charge in [-0.25, -0.2) is 9.79 Å². The fourth-order valence-electron chi connectivity index (χ4n) is 3.54. The van der Waals surface area contributed by atoms with Gasteiger partial charge in [0, 0.05) is 6.08 Å². The maximum Gasteiger partial charge on any atom is 0.433 e. The van der Waals surface area contributed by atoms with E-state index in [1.165, 1.54) is 22.8 Å². The van der Waals surface area contributed by atoms with E-state index >= 15 is 0 Å². The van der Waals surface area contributed by atoms with Gasteiger partial charge >= 0.3 is 11.9 Å². The van der Waals surface area contributed by atoms with E-state index in [-0.39, 0.29) is 22.5 Å². The molecule has 0 saturated carbocycles. The summed E-state index contributed by atoms with van der Waals surface area (Å²) in [5, 5.41) is 10.9. The lowest BCUT2D eigenvalue weighted by Gasteiger charge is -2.24. The first-order valence-electron chi connectivity index (χ1n) is 9.92. The van der Waals surface area contributed by atoms with E-state index in [0.717, 1.165) is 11.3 Å². The molecule has 0 amide bonds. The van der Waals surface area contributed by atoms with Crippen LogP contribution in [0.4, 0.5) is 5.88 Å². The summed E-state index contributed by atoms with van der Waals surface area (Å²) in [5.74, 6) is -0.195. The normalized spacial score (nSPS) is 15.7. The predicted octanol–water partition coefficient (Wildman–Crippen LogP) is 2.31. The number of aromatic nitrogens is 1. The van der Waals surface area contributed by atoms with Gasteiger partial charge in [0.15, 0.2) is 4.80 Å². The van der Waals surface area contributed by atoms with Crippen LogP contribution in [-0.4, -0.2) is 29.2 Å². The molecule has 1 aliphatic rings. The highest BCUT2D eigenvalue weighted by atomic mass is 32.1. The van der Waals surface area contributed by atoms with Crippen molar-refractivity contribution >= 4 is 29.3 Å². The second-order valence-electron chi connectivity index (χ2n) is 7.01. The van der Waals surface area contributed by atoms with Crippen LogP contribution in [0.1, 0.15) is 31.2 Å². The zero-order valence-corrected chi connectivity index (χ0v) is 18.8. The molecule has 0 bridgehead atoms. The van der Waals surface area contributed by atoms with Crippen molar-refractivity contribution in [1.82, 2.24) is 4.57 Å². The molecule has 1 aromatic carbocycles. The van der Waals surface area contributed by atoms with E-state index in [9.17, 15) is 19.7 Å². The summed E-state index contributed by atoms with van der Waals surface area (Å²) in [4.78, 5) is 41.3. The van der Waals surface area contributed by atoms with Gasteiger partial charge < -0.3 is 13.9 Å². The van der Waals surface area contributed by atoms with Gasteiger partial charge in [-0.2, -0.15) is 0 Å². The quantitative estimate of drug-likeness (QED) is 0.308. The van der Waals surface area contributed by atoms with Crippen LogP contribution in [-0.2, 0) is 9.53 Å². The van der Waals surface area contributed by atoms with Crippen molar-refractivity contribution in [3.05, 3.63) is 88.8 Å². The minimum atomic E-state index is -0.765. The molecule has 1 aliphatic heterocycles. The molecule has 1 unspecified atom stereocenters. The molecule has 0 N–H and O–H groups in total. The number of nitrogens with zero attached hydrogens (tertiary/aromatic N) is 3. The number of furan rings is 1. The van der Waals surface area contributed by atoms with Gasteiger partial charge in [0.25, 0.3) is 5.56 Å². The maximum absolute atomic E-state index is 13.4. The summed E-state index contributed by atoms with van der Waals surface area (Å²) >= 11 is 1.10. The zero-order valence-electron chi connectivity index (χ0n) is 17.9. The van der Waals surface area contributed by atoms with E-state index in [0.29, 0.717) is 21.8 Å². The molecular weight excluding hydrogens is 450 g/mol. The van der Waals surface area contributed by atoms with E-state index < -0.39 is 28.4 Å². The van der Waals surface area contributed by atoms with Crippen LogP contribution in [0.15, 0.2) is 61.9 Å². The number of benzene rings is 1. The fourth-order valence-corrected chi connectivity index (χ4v) is 4.57. The third-order valence-corrected chi connectivity index (χ3v) is 6.00. The molecule has 0 fully saturated rings. The Kier molecular flexibility index (Phi) is 5.97. The highest BCUT2D eigenvalue weighted by molar-refractivity contribution is 7.07. The highest BCUT2D eigenvalue weighted by Crippen LogP contribution is 2.31. The fraction of sp³-hybridized carbons (Fsp3) is 0.227. The Morgan fingerprint density at radius 3 is 2.64 bits per heavy atom. The molecule has 2 aromatic heterocycles. The van der Waals surface area contributed by atoms with E-state index in [1.807, 2.05) is 0 Å². The van der Waals surface area contributed by atoms with Crippen LogP contribution < -0.4 is 19.6 Å². The van der Waals surface area contributed by atoms with Crippen molar-refractivity contribution in [2.24, 2.45) is 4.99 Å². The SMILES string of the molecule is CCOC(=O)C1=C(C)N=c2sc(=Cc3ccc([N+](=O)[O-])o3)c(=O)n2C1c1ccc(OC)cc1. The number of ether oxygens (including phenoxy) is 2. The van der Waals surface area contributed by atoms with Crippen molar-refractivity contribution in [1.29, 1.82) is 0 Å².